The third-order valence-electron chi connectivity index (χ3n) is 5.07. The number of anilines is 2. The fourth-order valence-electron chi connectivity index (χ4n) is 3.58. The topological polar surface area (TPSA) is 83.6 Å². The van der Waals surface area contributed by atoms with Crippen molar-refractivity contribution in [2.24, 2.45) is 0 Å². The van der Waals surface area contributed by atoms with Gasteiger partial charge in [0.15, 0.2) is 0 Å². The maximum atomic E-state index is 12.7. The smallest absolute Gasteiger partial charge is 0.256 e. The summed E-state index contributed by atoms with van der Waals surface area (Å²) >= 11 is 3.43. The molecule has 0 bridgehead atoms. The molecule has 0 saturated carbocycles. The average molecular weight is 464 g/mol. The Morgan fingerprint density at radius 3 is 2.40 bits per heavy atom. The van der Waals surface area contributed by atoms with Gasteiger partial charge < -0.3 is 0 Å². The number of benzene rings is 2. The molecular formula is C23H22BrN5O. The zero-order valence-electron chi connectivity index (χ0n) is 17.3. The Kier molecular flexibility index (Phi) is 5.39. The molecule has 152 valence electrons. The van der Waals surface area contributed by atoms with E-state index >= 15 is 0 Å². The molecular weight excluding hydrogens is 442 g/mol. The number of hydrogen-bond acceptors (Lipinski definition) is 5. The highest BCUT2D eigenvalue weighted by Gasteiger charge is 2.12. The molecule has 0 aliphatic heterocycles. The number of rotatable bonds is 4. The Labute approximate surface area is 183 Å². The van der Waals surface area contributed by atoms with Crippen LogP contribution in [0.4, 0.5) is 11.9 Å². The van der Waals surface area contributed by atoms with Gasteiger partial charge in [0.05, 0.1) is 16.9 Å². The second-order valence-corrected chi connectivity index (χ2v) is 8.43. The molecule has 0 aliphatic carbocycles. The summed E-state index contributed by atoms with van der Waals surface area (Å²) in [4.78, 5) is 29.3. The van der Waals surface area contributed by atoms with Crippen LogP contribution in [0.3, 0.4) is 0 Å². The molecule has 0 fully saturated rings. The van der Waals surface area contributed by atoms with Gasteiger partial charge in [-0.2, -0.15) is 0 Å². The predicted octanol–water partition coefficient (Wildman–Crippen LogP) is 5.04. The number of aryl methyl sites for hydroxylation is 4. The Hall–Kier alpha value is -3.06. The second-order valence-electron chi connectivity index (χ2n) is 7.52. The minimum absolute atomic E-state index is 0.169. The van der Waals surface area contributed by atoms with E-state index in [4.69, 9.17) is 0 Å². The second kappa shape index (κ2) is 7.99. The van der Waals surface area contributed by atoms with E-state index in [1.165, 1.54) is 5.56 Å². The Morgan fingerprint density at radius 2 is 1.70 bits per heavy atom. The molecule has 0 unspecified atom stereocenters. The van der Waals surface area contributed by atoms with Crippen molar-refractivity contribution >= 4 is 38.7 Å². The minimum atomic E-state index is -0.169. The van der Waals surface area contributed by atoms with Gasteiger partial charge in [0.1, 0.15) is 0 Å². The number of nitrogens with zero attached hydrogens (tertiary/aromatic N) is 3. The van der Waals surface area contributed by atoms with Crippen LogP contribution in [0, 0.1) is 27.7 Å². The number of hydrogen-bond donors (Lipinski definition) is 2. The van der Waals surface area contributed by atoms with Gasteiger partial charge in [0, 0.05) is 21.8 Å². The molecule has 4 rings (SSSR count). The van der Waals surface area contributed by atoms with Gasteiger partial charge in [0.2, 0.25) is 11.9 Å². The molecule has 0 atom stereocenters. The molecule has 0 spiro atoms. The fourth-order valence-corrected chi connectivity index (χ4v) is 3.84. The van der Waals surface area contributed by atoms with E-state index in [0.29, 0.717) is 29.6 Å². The number of nitrogens with one attached hydrogen (secondary N) is 2. The van der Waals surface area contributed by atoms with Gasteiger partial charge in [-0.3, -0.25) is 15.1 Å². The number of fused-ring (bicyclic) bond motifs is 1. The highest BCUT2D eigenvalue weighted by Crippen LogP contribution is 2.23. The minimum Gasteiger partial charge on any atom is -0.294 e. The summed E-state index contributed by atoms with van der Waals surface area (Å²) < 4.78 is 1.01. The Balaban J connectivity index is 1.65. The van der Waals surface area contributed by atoms with E-state index in [0.717, 1.165) is 32.2 Å². The molecule has 30 heavy (non-hydrogen) atoms. The van der Waals surface area contributed by atoms with Crippen LogP contribution >= 0.6 is 15.9 Å². The molecule has 2 heterocycles. The van der Waals surface area contributed by atoms with Crippen LogP contribution in [0.1, 0.15) is 33.6 Å². The van der Waals surface area contributed by atoms with Gasteiger partial charge in [-0.05, 0) is 57.0 Å². The van der Waals surface area contributed by atoms with E-state index in [1.54, 1.807) is 0 Å². The Morgan fingerprint density at radius 1 is 0.967 bits per heavy atom. The van der Waals surface area contributed by atoms with Crippen LogP contribution in [0.15, 0.2) is 45.7 Å². The van der Waals surface area contributed by atoms with Crippen molar-refractivity contribution in [2.45, 2.75) is 34.1 Å². The summed E-state index contributed by atoms with van der Waals surface area (Å²) in [7, 11) is 0. The zero-order chi connectivity index (χ0) is 21.4. The SMILES string of the molecule is Cc1cc(C)c2nc(Nc3nc(C)c(Cc4ccc(Br)cc4)c(=O)[nH]3)nc(C)c2c1. The van der Waals surface area contributed by atoms with Crippen LogP contribution in [0.2, 0.25) is 0 Å². The third kappa shape index (κ3) is 4.11. The average Bonchev–Trinajstić information content (AvgIpc) is 2.67. The number of aromatic nitrogens is 4. The van der Waals surface area contributed by atoms with Gasteiger partial charge in [-0.25, -0.2) is 15.0 Å². The van der Waals surface area contributed by atoms with Gasteiger partial charge in [0.25, 0.3) is 5.56 Å². The highest BCUT2D eigenvalue weighted by atomic mass is 79.9. The summed E-state index contributed by atoms with van der Waals surface area (Å²) in [6.45, 7) is 7.89. The number of H-pyrrole nitrogens is 1. The highest BCUT2D eigenvalue weighted by molar-refractivity contribution is 9.10. The van der Waals surface area contributed by atoms with Crippen molar-refractivity contribution in [3.8, 4) is 0 Å². The molecule has 0 saturated heterocycles. The molecule has 6 nitrogen and oxygen atoms in total. The molecule has 2 aromatic heterocycles. The molecule has 4 aromatic rings. The van der Waals surface area contributed by atoms with Crippen LogP contribution in [0.5, 0.6) is 0 Å². The van der Waals surface area contributed by atoms with Gasteiger partial charge in [-0.1, -0.05) is 39.7 Å². The molecule has 0 amide bonds. The van der Waals surface area contributed by atoms with E-state index in [1.807, 2.05) is 45.0 Å². The lowest BCUT2D eigenvalue weighted by molar-refractivity contribution is 0.978. The number of halogens is 1. The van der Waals surface area contributed by atoms with Crippen LogP contribution in [0.25, 0.3) is 10.9 Å². The summed E-state index contributed by atoms with van der Waals surface area (Å²) in [5, 5.41) is 4.09. The maximum absolute atomic E-state index is 12.7. The van der Waals surface area contributed by atoms with E-state index in [9.17, 15) is 4.79 Å². The monoisotopic (exact) mass is 463 g/mol. The summed E-state index contributed by atoms with van der Waals surface area (Å²) in [6.07, 6.45) is 0.520. The van der Waals surface area contributed by atoms with E-state index < -0.39 is 0 Å². The molecule has 2 aromatic carbocycles. The van der Waals surface area contributed by atoms with Gasteiger partial charge in [-0.15, -0.1) is 0 Å². The summed E-state index contributed by atoms with van der Waals surface area (Å²) in [5.74, 6) is 0.746. The van der Waals surface area contributed by atoms with Crippen molar-refractivity contribution in [1.82, 2.24) is 19.9 Å². The quantitative estimate of drug-likeness (QED) is 0.442. The van der Waals surface area contributed by atoms with Crippen LogP contribution in [-0.4, -0.2) is 19.9 Å². The van der Waals surface area contributed by atoms with Crippen molar-refractivity contribution in [2.75, 3.05) is 5.32 Å². The largest absolute Gasteiger partial charge is 0.294 e. The summed E-state index contributed by atoms with van der Waals surface area (Å²) in [5.41, 5.74) is 6.22. The Bertz CT molecular complexity index is 1310. The first-order valence-electron chi connectivity index (χ1n) is 9.67. The van der Waals surface area contributed by atoms with Crippen molar-refractivity contribution < 1.29 is 0 Å². The normalized spacial score (nSPS) is 11.1. The van der Waals surface area contributed by atoms with E-state index in [-0.39, 0.29) is 5.56 Å². The predicted molar refractivity (Wildman–Crippen MR) is 124 cm³/mol. The zero-order valence-corrected chi connectivity index (χ0v) is 18.9. The van der Waals surface area contributed by atoms with Crippen molar-refractivity contribution in [3.63, 3.8) is 0 Å². The lowest BCUT2D eigenvalue weighted by Gasteiger charge is -2.11. The lowest BCUT2D eigenvalue weighted by atomic mass is 10.1. The lowest BCUT2D eigenvalue weighted by Crippen LogP contribution is -2.19. The molecule has 2 N–H and O–H groups in total. The fraction of sp³-hybridized carbons (Fsp3) is 0.217. The molecule has 7 heteroatoms. The van der Waals surface area contributed by atoms with Crippen LogP contribution in [-0.2, 0) is 6.42 Å². The first kappa shape index (κ1) is 20.2. The first-order valence-corrected chi connectivity index (χ1v) is 10.5. The molecule has 0 aliphatic rings. The van der Waals surface area contributed by atoms with Crippen molar-refractivity contribution in [1.29, 1.82) is 0 Å². The van der Waals surface area contributed by atoms with E-state index in [2.05, 4.69) is 60.2 Å². The number of aromatic amines is 1. The summed E-state index contributed by atoms with van der Waals surface area (Å²) in [6, 6.07) is 12.1. The van der Waals surface area contributed by atoms with Crippen molar-refractivity contribution in [3.05, 3.63) is 84.9 Å². The maximum Gasteiger partial charge on any atom is 0.256 e. The van der Waals surface area contributed by atoms with Crippen LogP contribution < -0.4 is 10.9 Å². The standard InChI is InChI=1S/C23H22BrN5O/c1-12-9-13(2)20-18(10-12)14(3)25-22(27-20)29-23-26-15(4)19(21(30)28-23)11-16-5-7-17(24)8-6-16/h5-10H,11H2,1-4H3,(H2,25,26,27,28,29,30). The molecule has 0 radical (unpaired) electrons. The van der Waals surface area contributed by atoms with Gasteiger partial charge >= 0.3 is 0 Å². The first-order chi connectivity index (χ1) is 14.3. The third-order valence-corrected chi connectivity index (χ3v) is 5.60.